The first-order valence-electron chi connectivity index (χ1n) is 9.42. The highest BCUT2D eigenvalue weighted by molar-refractivity contribution is 14.0. The lowest BCUT2D eigenvalue weighted by Gasteiger charge is -2.22. The first kappa shape index (κ1) is 25.4. The second-order valence-electron chi connectivity index (χ2n) is 7.31. The molecular formula is C20H32IN5O2S. The lowest BCUT2D eigenvalue weighted by atomic mass is 10.1. The van der Waals surface area contributed by atoms with Gasteiger partial charge in [-0.15, -0.1) is 24.0 Å². The third-order valence-electron chi connectivity index (χ3n) is 4.35. The molecule has 0 fully saturated rings. The average molecular weight is 533 g/mol. The maximum absolute atomic E-state index is 11.6. The van der Waals surface area contributed by atoms with Crippen molar-refractivity contribution in [3.8, 4) is 0 Å². The number of aliphatic imine (C=N–C) groups is 1. The quantitative estimate of drug-likeness (QED) is 0.336. The van der Waals surface area contributed by atoms with Crippen molar-refractivity contribution in [1.82, 2.24) is 20.0 Å². The van der Waals surface area contributed by atoms with Gasteiger partial charge in [0.1, 0.15) is 0 Å². The summed E-state index contributed by atoms with van der Waals surface area (Å²) in [6.07, 6.45) is 3.27. The van der Waals surface area contributed by atoms with E-state index in [9.17, 15) is 8.42 Å². The van der Waals surface area contributed by atoms with Gasteiger partial charge < -0.3 is 10.2 Å². The number of benzene rings is 1. The van der Waals surface area contributed by atoms with Gasteiger partial charge in [0.05, 0.1) is 17.1 Å². The van der Waals surface area contributed by atoms with Crippen LogP contribution in [-0.2, 0) is 30.0 Å². The Bertz CT molecular complexity index is 921. The van der Waals surface area contributed by atoms with Gasteiger partial charge in [-0.2, -0.15) is 5.10 Å². The highest BCUT2D eigenvalue weighted by Gasteiger charge is 2.15. The van der Waals surface area contributed by atoms with Crippen LogP contribution in [0.15, 0.2) is 40.4 Å². The van der Waals surface area contributed by atoms with Gasteiger partial charge in [-0.3, -0.25) is 4.68 Å². The summed E-state index contributed by atoms with van der Waals surface area (Å²) in [5.41, 5.74) is 3.24. The van der Waals surface area contributed by atoms with E-state index in [2.05, 4.69) is 35.4 Å². The van der Waals surface area contributed by atoms with E-state index < -0.39 is 9.84 Å². The van der Waals surface area contributed by atoms with Gasteiger partial charge in [-0.1, -0.05) is 26.0 Å². The van der Waals surface area contributed by atoms with Crippen LogP contribution in [-0.4, -0.2) is 48.9 Å². The maximum Gasteiger partial charge on any atom is 0.194 e. The van der Waals surface area contributed by atoms with E-state index >= 15 is 0 Å². The minimum atomic E-state index is -3.18. The van der Waals surface area contributed by atoms with Crippen molar-refractivity contribution < 1.29 is 8.42 Å². The monoisotopic (exact) mass is 533 g/mol. The van der Waals surface area contributed by atoms with Gasteiger partial charge in [-0.05, 0) is 30.5 Å². The van der Waals surface area contributed by atoms with Crippen molar-refractivity contribution >= 4 is 39.8 Å². The molecule has 0 bridgehead atoms. The van der Waals surface area contributed by atoms with Gasteiger partial charge in [-0.25, -0.2) is 13.4 Å². The van der Waals surface area contributed by atoms with Crippen molar-refractivity contribution in [2.45, 2.75) is 44.7 Å². The highest BCUT2D eigenvalue weighted by Crippen LogP contribution is 2.18. The topological polar surface area (TPSA) is 79.6 Å². The standard InChI is InChI=1S/C20H31N5O2S.HI/c1-7-21-20(22-12-16-8-10-18(11-9-16)28(6,26)27)24(4)13-17-14-25(5)23-19(17)15(2)3;/h8-11,14-15H,7,12-13H2,1-6H3,(H,21,22);1H. The summed E-state index contributed by atoms with van der Waals surface area (Å²) in [7, 11) is 0.764. The molecule has 0 spiro atoms. The zero-order valence-electron chi connectivity index (χ0n) is 18.0. The average Bonchev–Trinajstić information content (AvgIpc) is 2.98. The van der Waals surface area contributed by atoms with Crippen LogP contribution >= 0.6 is 24.0 Å². The molecule has 0 radical (unpaired) electrons. The summed E-state index contributed by atoms with van der Waals surface area (Å²) in [6, 6.07) is 6.87. The Morgan fingerprint density at radius 1 is 1.28 bits per heavy atom. The molecular weight excluding hydrogens is 501 g/mol. The molecule has 2 rings (SSSR count). The molecule has 0 aliphatic carbocycles. The number of sulfone groups is 1. The number of aryl methyl sites for hydroxylation is 1. The molecule has 1 aromatic carbocycles. The third kappa shape index (κ3) is 7.29. The Labute approximate surface area is 191 Å². The van der Waals surface area contributed by atoms with Gasteiger partial charge in [0.2, 0.25) is 0 Å². The van der Waals surface area contributed by atoms with Gasteiger partial charge >= 0.3 is 0 Å². The fourth-order valence-electron chi connectivity index (χ4n) is 2.97. The SMILES string of the molecule is CCNC(=NCc1ccc(S(C)(=O)=O)cc1)N(C)Cc1cn(C)nc1C(C)C.I. The Morgan fingerprint density at radius 2 is 1.90 bits per heavy atom. The summed E-state index contributed by atoms with van der Waals surface area (Å²) >= 11 is 0. The molecule has 7 nitrogen and oxygen atoms in total. The second-order valence-corrected chi connectivity index (χ2v) is 9.33. The predicted octanol–water partition coefficient (Wildman–Crippen LogP) is 3.16. The molecule has 0 amide bonds. The Balaban J connectivity index is 0.00000420. The van der Waals surface area contributed by atoms with E-state index in [-0.39, 0.29) is 24.0 Å². The van der Waals surface area contributed by atoms with E-state index in [0.29, 0.717) is 23.9 Å². The van der Waals surface area contributed by atoms with Crippen LogP contribution in [0.2, 0.25) is 0 Å². The molecule has 1 heterocycles. The minimum absolute atomic E-state index is 0. The summed E-state index contributed by atoms with van der Waals surface area (Å²) in [5, 5.41) is 7.89. The highest BCUT2D eigenvalue weighted by atomic mass is 127. The van der Waals surface area contributed by atoms with Crippen LogP contribution in [0.3, 0.4) is 0 Å². The van der Waals surface area contributed by atoms with Crippen LogP contribution in [0.1, 0.15) is 43.5 Å². The molecule has 0 aliphatic heterocycles. The molecule has 9 heteroatoms. The smallest absolute Gasteiger partial charge is 0.194 e. The van der Waals surface area contributed by atoms with Crippen LogP contribution in [0.4, 0.5) is 0 Å². The normalized spacial score (nSPS) is 12.0. The van der Waals surface area contributed by atoms with Gasteiger partial charge in [0.25, 0.3) is 0 Å². The number of aromatic nitrogens is 2. The number of nitrogens with zero attached hydrogens (tertiary/aromatic N) is 4. The van der Waals surface area contributed by atoms with Crippen molar-refractivity contribution in [2.75, 3.05) is 19.8 Å². The fourth-order valence-corrected chi connectivity index (χ4v) is 3.60. The molecule has 0 atom stereocenters. The minimum Gasteiger partial charge on any atom is -0.357 e. The first-order chi connectivity index (χ1) is 13.1. The maximum atomic E-state index is 11.6. The molecule has 29 heavy (non-hydrogen) atoms. The molecule has 1 N–H and O–H groups in total. The van der Waals surface area contributed by atoms with Crippen LogP contribution < -0.4 is 5.32 Å². The van der Waals surface area contributed by atoms with Crippen LogP contribution in [0.25, 0.3) is 0 Å². The van der Waals surface area contributed by atoms with Crippen LogP contribution in [0, 0.1) is 0 Å². The number of rotatable bonds is 7. The molecule has 0 saturated heterocycles. The van der Waals surface area contributed by atoms with E-state index in [1.807, 2.05) is 25.7 Å². The van der Waals surface area contributed by atoms with E-state index in [1.54, 1.807) is 24.3 Å². The van der Waals surface area contributed by atoms with Crippen molar-refractivity contribution in [3.05, 3.63) is 47.3 Å². The molecule has 1 aromatic heterocycles. The molecule has 162 valence electrons. The fraction of sp³-hybridized carbons (Fsp3) is 0.500. The summed E-state index contributed by atoms with van der Waals surface area (Å²) in [4.78, 5) is 7.11. The van der Waals surface area contributed by atoms with Crippen molar-refractivity contribution in [3.63, 3.8) is 0 Å². The zero-order chi connectivity index (χ0) is 20.9. The predicted molar refractivity (Wildman–Crippen MR) is 129 cm³/mol. The molecule has 0 aliphatic rings. The molecule has 0 unspecified atom stereocenters. The largest absolute Gasteiger partial charge is 0.357 e. The van der Waals surface area contributed by atoms with Gasteiger partial charge in [0.15, 0.2) is 15.8 Å². The van der Waals surface area contributed by atoms with E-state index in [4.69, 9.17) is 4.99 Å². The summed E-state index contributed by atoms with van der Waals surface area (Å²) in [5.74, 6) is 1.16. The number of hydrogen-bond acceptors (Lipinski definition) is 4. The third-order valence-corrected chi connectivity index (χ3v) is 5.48. The summed E-state index contributed by atoms with van der Waals surface area (Å²) in [6.45, 7) is 8.27. The first-order valence-corrected chi connectivity index (χ1v) is 11.3. The van der Waals surface area contributed by atoms with E-state index in [1.165, 1.54) is 11.8 Å². The molecule has 2 aromatic rings. The van der Waals surface area contributed by atoms with Crippen LogP contribution in [0.5, 0.6) is 0 Å². The van der Waals surface area contributed by atoms with E-state index in [0.717, 1.165) is 23.8 Å². The Hall–Kier alpha value is -1.62. The summed E-state index contributed by atoms with van der Waals surface area (Å²) < 4.78 is 25.0. The lowest BCUT2D eigenvalue weighted by molar-refractivity contribution is 0.473. The number of halogens is 1. The number of nitrogens with one attached hydrogen (secondary N) is 1. The second kappa shape index (κ2) is 11.0. The Morgan fingerprint density at radius 3 is 2.41 bits per heavy atom. The number of guanidine groups is 1. The van der Waals surface area contributed by atoms with Gasteiger partial charge in [0, 0.05) is 45.2 Å². The number of hydrogen-bond donors (Lipinski definition) is 1. The van der Waals surface area contributed by atoms with Crippen molar-refractivity contribution in [2.24, 2.45) is 12.0 Å². The lowest BCUT2D eigenvalue weighted by Crippen LogP contribution is -2.38. The zero-order valence-corrected chi connectivity index (χ0v) is 21.2. The molecule has 0 saturated carbocycles. The Kier molecular flexibility index (Phi) is 9.60. The van der Waals surface area contributed by atoms with Crippen molar-refractivity contribution in [1.29, 1.82) is 0 Å².